The van der Waals surface area contributed by atoms with Crippen LogP contribution >= 0.6 is 0 Å². The van der Waals surface area contributed by atoms with Gasteiger partial charge in [-0.05, 0) is 79.6 Å². The zero-order valence-corrected chi connectivity index (χ0v) is 26.7. The second kappa shape index (κ2) is 11.7. The standard InChI is InChI=1S/C44H32N2O3/c47-43-37-23-13-14-24-38(37)44(49-43)39-27-25-35(45(31-15-5-1-6-16-31)32-17-7-2-8-18-32)29-41(39)48-42-30-36(26-28-40(42)44)46(33-19-9-3-10-20-33)34-21-11-4-12-22-34/h1-25,27,29-30H,26,28H2. The average Bonchev–Trinajstić information content (AvgIpc) is 3.45. The van der Waals surface area contributed by atoms with Gasteiger partial charge in [0.05, 0.1) is 5.56 Å². The van der Waals surface area contributed by atoms with Crippen LogP contribution in [0.1, 0.15) is 34.3 Å². The molecule has 49 heavy (non-hydrogen) atoms. The summed E-state index contributed by atoms with van der Waals surface area (Å²) in [5, 5.41) is 0. The lowest BCUT2D eigenvalue weighted by Gasteiger charge is -2.41. The zero-order valence-electron chi connectivity index (χ0n) is 26.7. The van der Waals surface area contributed by atoms with Crippen molar-refractivity contribution >= 4 is 34.4 Å². The Balaban J connectivity index is 1.24. The molecule has 1 aliphatic carbocycles. The van der Waals surface area contributed by atoms with E-state index in [1.807, 2.05) is 72.8 Å². The van der Waals surface area contributed by atoms with Crippen molar-refractivity contribution < 1.29 is 14.3 Å². The number of rotatable bonds is 6. The Labute approximate surface area is 285 Å². The van der Waals surface area contributed by atoms with Crippen molar-refractivity contribution in [3.63, 3.8) is 0 Å². The van der Waals surface area contributed by atoms with E-state index in [9.17, 15) is 4.79 Å². The molecular weight excluding hydrogens is 604 g/mol. The van der Waals surface area contributed by atoms with Gasteiger partial charge in [0.1, 0.15) is 11.5 Å². The fourth-order valence-electron chi connectivity index (χ4n) is 7.49. The Bertz CT molecular complexity index is 2170. The van der Waals surface area contributed by atoms with Crippen molar-refractivity contribution in [3.8, 4) is 5.75 Å². The molecule has 1 spiro atoms. The van der Waals surface area contributed by atoms with Crippen molar-refractivity contribution in [1.29, 1.82) is 0 Å². The number of benzene rings is 6. The lowest BCUT2D eigenvalue weighted by molar-refractivity contribution is 0.0190. The third-order valence-corrected chi connectivity index (χ3v) is 9.59. The molecule has 3 aliphatic rings. The summed E-state index contributed by atoms with van der Waals surface area (Å²) in [7, 11) is 0. The summed E-state index contributed by atoms with van der Waals surface area (Å²) in [5.74, 6) is 1.04. The number of hydrogen-bond acceptors (Lipinski definition) is 5. The number of nitrogens with zero attached hydrogens (tertiary/aromatic N) is 2. The van der Waals surface area contributed by atoms with Crippen molar-refractivity contribution in [2.45, 2.75) is 18.4 Å². The highest BCUT2D eigenvalue weighted by molar-refractivity contribution is 5.97. The molecule has 9 rings (SSSR count). The first-order valence-electron chi connectivity index (χ1n) is 16.6. The van der Waals surface area contributed by atoms with Gasteiger partial charge in [-0.2, -0.15) is 0 Å². The van der Waals surface area contributed by atoms with Gasteiger partial charge in [0.2, 0.25) is 0 Å². The number of ether oxygens (including phenoxy) is 2. The molecule has 6 aromatic carbocycles. The van der Waals surface area contributed by atoms with Crippen molar-refractivity contribution in [1.82, 2.24) is 0 Å². The zero-order chi connectivity index (χ0) is 32.8. The lowest BCUT2D eigenvalue weighted by Crippen LogP contribution is -2.37. The van der Waals surface area contributed by atoms with E-state index >= 15 is 0 Å². The summed E-state index contributed by atoms with van der Waals surface area (Å²) in [5.41, 5.74) is 8.35. The van der Waals surface area contributed by atoms with E-state index in [0.717, 1.165) is 57.3 Å². The molecule has 0 saturated heterocycles. The second-order valence-electron chi connectivity index (χ2n) is 12.4. The Morgan fingerprint density at radius 2 is 1.04 bits per heavy atom. The molecule has 0 bridgehead atoms. The smallest absolute Gasteiger partial charge is 0.340 e. The topological polar surface area (TPSA) is 42.0 Å². The first kappa shape index (κ1) is 28.9. The molecule has 0 amide bonds. The molecule has 2 heterocycles. The molecule has 1 atom stereocenters. The number of allylic oxidation sites excluding steroid dienone is 2. The molecule has 2 aliphatic heterocycles. The molecule has 6 aromatic rings. The summed E-state index contributed by atoms with van der Waals surface area (Å²) in [6.45, 7) is 0. The van der Waals surface area contributed by atoms with Gasteiger partial charge < -0.3 is 19.3 Å². The van der Waals surface area contributed by atoms with Gasteiger partial charge >= 0.3 is 5.97 Å². The van der Waals surface area contributed by atoms with Gasteiger partial charge in [-0.1, -0.05) is 91.0 Å². The Morgan fingerprint density at radius 3 is 1.63 bits per heavy atom. The van der Waals surface area contributed by atoms with E-state index < -0.39 is 5.60 Å². The van der Waals surface area contributed by atoms with Crippen molar-refractivity contribution in [2.75, 3.05) is 9.80 Å². The summed E-state index contributed by atoms with van der Waals surface area (Å²) < 4.78 is 13.5. The molecule has 1 unspecified atom stereocenters. The van der Waals surface area contributed by atoms with Crippen LogP contribution in [0.25, 0.3) is 0 Å². The van der Waals surface area contributed by atoms with E-state index in [1.165, 1.54) is 0 Å². The molecule has 0 N–H and O–H groups in total. The molecule has 5 nitrogen and oxygen atoms in total. The van der Waals surface area contributed by atoms with Crippen molar-refractivity contribution in [2.24, 2.45) is 0 Å². The van der Waals surface area contributed by atoms with Crippen molar-refractivity contribution in [3.05, 3.63) is 204 Å². The normalized spacial score (nSPS) is 17.3. The van der Waals surface area contributed by atoms with Crippen LogP contribution in [0, 0.1) is 0 Å². The van der Waals surface area contributed by atoms with E-state index in [2.05, 4.69) is 107 Å². The van der Waals surface area contributed by atoms with E-state index in [0.29, 0.717) is 23.5 Å². The maximum absolute atomic E-state index is 13.6. The minimum Gasteiger partial charge on any atom is -0.457 e. The quantitative estimate of drug-likeness (QED) is 0.170. The highest BCUT2D eigenvalue weighted by Gasteiger charge is 2.55. The fraction of sp³-hybridized carbons (Fsp3) is 0.0682. The van der Waals surface area contributed by atoms with Crippen LogP contribution in [0.15, 0.2) is 187 Å². The number of para-hydroxylation sites is 4. The van der Waals surface area contributed by atoms with Gasteiger partial charge in [-0.15, -0.1) is 0 Å². The van der Waals surface area contributed by atoms with Gasteiger partial charge in [0.25, 0.3) is 0 Å². The second-order valence-corrected chi connectivity index (χ2v) is 12.4. The monoisotopic (exact) mass is 636 g/mol. The first-order valence-corrected chi connectivity index (χ1v) is 16.6. The first-order chi connectivity index (χ1) is 24.2. The molecule has 0 fully saturated rings. The largest absolute Gasteiger partial charge is 0.457 e. The minimum atomic E-state index is -1.09. The molecule has 0 radical (unpaired) electrons. The van der Waals surface area contributed by atoms with Gasteiger partial charge in [-0.25, -0.2) is 4.79 Å². The molecular formula is C44H32N2O3. The molecule has 0 saturated carbocycles. The Morgan fingerprint density at radius 1 is 0.510 bits per heavy atom. The summed E-state index contributed by atoms with van der Waals surface area (Å²) in [6.07, 6.45) is 3.52. The highest BCUT2D eigenvalue weighted by Crippen LogP contribution is 2.57. The van der Waals surface area contributed by atoms with Gasteiger partial charge in [0, 0.05) is 63.0 Å². The third-order valence-electron chi connectivity index (χ3n) is 9.59. The minimum absolute atomic E-state index is 0.320. The number of carbonyl (C=O) groups excluding carboxylic acids is 1. The summed E-state index contributed by atoms with van der Waals surface area (Å²) in [6, 6.07) is 55.4. The SMILES string of the molecule is O=C1OC2(C3=C(C=C(N(c4ccccc4)c4ccccc4)CC3)Oc3cc(N(c4ccccc4)c4ccccc4)ccc32)c2ccccc21. The highest BCUT2D eigenvalue weighted by atomic mass is 16.6. The van der Waals surface area contributed by atoms with Crippen LogP contribution < -0.4 is 14.5 Å². The lowest BCUT2D eigenvalue weighted by atomic mass is 9.74. The van der Waals surface area contributed by atoms with Crippen LogP contribution in [0.5, 0.6) is 5.75 Å². The van der Waals surface area contributed by atoms with Crippen LogP contribution in [-0.2, 0) is 10.3 Å². The Kier molecular flexibility index (Phi) is 6.91. The Hall–Kier alpha value is -6.33. The van der Waals surface area contributed by atoms with Gasteiger partial charge in [0.15, 0.2) is 5.60 Å². The van der Waals surface area contributed by atoms with E-state index in [1.54, 1.807) is 0 Å². The maximum atomic E-state index is 13.6. The molecule has 0 aromatic heterocycles. The van der Waals surface area contributed by atoms with Crippen LogP contribution in [0.4, 0.5) is 28.4 Å². The summed E-state index contributed by atoms with van der Waals surface area (Å²) in [4.78, 5) is 18.1. The van der Waals surface area contributed by atoms with Gasteiger partial charge in [-0.3, -0.25) is 0 Å². The number of hydrogen-bond donors (Lipinski definition) is 0. The van der Waals surface area contributed by atoms with Crippen LogP contribution in [-0.4, -0.2) is 5.97 Å². The average molecular weight is 637 g/mol. The number of carbonyl (C=O) groups is 1. The van der Waals surface area contributed by atoms with E-state index in [-0.39, 0.29) is 5.97 Å². The van der Waals surface area contributed by atoms with Crippen LogP contribution in [0.3, 0.4) is 0 Å². The third kappa shape index (κ3) is 4.74. The predicted octanol–water partition coefficient (Wildman–Crippen LogP) is 10.7. The number of anilines is 5. The predicted molar refractivity (Wildman–Crippen MR) is 194 cm³/mol. The number of esters is 1. The fourth-order valence-corrected chi connectivity index (χ4v) is 7.49. The van der Waals surface area contributed by atoms with E-state index in [4.69, 9.17) is 9.47 Å². The molecule has 236 valence electrons. The molecule has 5 heteroatoms. The van der Waals surface area contributed by atoms with Crippen LogP contribution in [0.2, 0.25) is 0 Å². The summed E-state index contributed by atoms with van der Waals surface area (Å²) >= 11 is 0. The maximum Gasteiger partial charge on any atom is 0.340 e. The number of fused-ring (bicyclic) bond motifs is 5.